The van der Waals surface area contributed by atoms with Gasteiger partial charge in [0.25, 0.3) is 5.91 Å². The number of aromatic amines is 1. The second kappa shape index (κ2) is 7.99. The van der Waals surface area contributed by atoms with Gasteiger partial charge in [-0.25, -0.2) is 9.59 Å². The summed E-state index contributed by atoms with van der Waals surface area (Å²) in [6, 6.07) is 0.0215. The summed E-state index contributed by atoms with van der Waals surface area (Å²) in [5.74, 6) is -1.46. The first-order chi connectivity index (χ1) is 11.1. The van der Waals surface area contributed by atoms with E-state index in [1.54, 1.807) is 18.7 Å². The molecule has 1 rings (SSSR count). The molecule has 7 heteroatoms. The Bertz CT molecular complexity index is 623. The number of H-pyrrole nitrogens is 1. The molecule has 1 aromatic heterocycles. The molecule has 24 heavy (non-hydrogen) atoms. The summed E-state index contributed by atoms with van der Waals surface area (Å²) in [5.41, 5.74) is 1.42. The van der Waals surface area contributed by atoms with Gasteiger partial charge >= 0.3 is 11.9 Å². The number of nitrogens with one attached hydrogen (secondary N) is 1. The van der Waals surface area contributed by atoms with E-state index < -0.39 is 11.9 Å². The highest BCUT2D eigenvalue weighted by atomic mass is 16.5. The van der Waals surface area contributed by atoms with E-state index in [2.05, 4.69) is 4.98 Å². The van der Waals surface area contributed by atoms with Crippen LogP contribution in [-0.2, 0) is 14.3 Å². The number of methoxy groups -OCH3 is 1. The lowest BCUT2D eigenvalue weighted by atomic mass is 10.1. The lowest BCUT2D eigenvalue weighted by Crippen LogP contribution is -2.44. The molecule has 134 valence electrons. The molecule has 0 aromatic carbocycles. The number of aromatic nitrogens is 1. The van der Waals surface area contributed by atoms with Crippen molar-refractivity contribution in [3.05, 3.63) is 22.5 Å². The quantitative estimate of drug-likeness (QED) is 0.804. The largest absolute Gasteiger partial charge is 0.465 e. The third-order valence-corrected chi connectivity index (χ3v) is 3.76. The van der Waals surface area contributed by atoms with Gasteiger partial charge in [-0.2, -0.15) is 0 Å². The van der Waals surface area contributed by atoms with Crippen LogP contribution in [0.3, 0.4) is 0 Å². The van der Waals surface area contributed by atoms with Crippen LogP contribution in [0, 0.1) is 13.8 Å². The van der Waals surface area contributed by atoms with Gasteiger partial charge in [0, 0.05) is 17.8 Å². The van der Waals surface area contributed by atoms with Crippen molar-refractivity contribution in [2.75, 3.05) is 13.7 Å². The fourth-order valence-corrected chi connectivity index (χ4v) is 2.81. The summed E-state index contributed by atoms with van der Waals surface area (Å²) in [4.78, 5) is 40.7. The van der Waals surface area contributed by atoms with Gasteiger partial charge in [-0.15, -0.1) is 0 Å². The highest BCUT2D eigenvalue weighted by molar-refractivity contribution is 5.99. The summed E-state index contributed by atoms with van der Waals surface area (Å²) in [7, 11) is 1.28. The van der Waals surface area contributed by atoms with Crippen LogP contribution in [0.4, 0.5) is 0 Å². The van der Waals surface area contributed by atoms with E-state index in [1.165, 1.54) is 7.11 Å². The molecule has 0 radical (unpaired) electrons. The van der Waals surface area contributed by atoms with Crippen molar-refractivity contribution in [1.82, 2.24) is 9.88 Å². The minimum atomic E-state index is -0.674. The summed E-state index contributed by atoms with van der Waals surface area (Å²) in [6.45, 7) is 10.6. The maximum Gasteiger partial charge on any atom is 0.355 e. The van der Waals surface area contributed by atoms with Crippen LogP contribution in [0.15, 0.2) is 0 Å². The van der Waals surface area contributed by atoms with Gasteiger partial charge in [0.2, 0.25) is 0 Å². The maximum absolute atomic E-state index is 12.2. The number of nitrogens with zero attached hydrogens (tertiary/aromatic N) is 1. The minimum Gasteiger partial charge on any atom is -0.465 e. The minimum absolute atomic E-state index is 0.0107. The molecule has 0 fully saturated rings. The smallest absolute Gasteiger partial charge is 0.355 e. The van der Waals surface area contributed by atoms with Crippen LogP contribution in [0.2, 0.25) is 0 Å². The van der Waals surface area contributed by atoms with E-state index in [1.807, 2.05) is 27.7 Å². The average molecular weight is 338 g/mol. The topological polar surface area (TPSA) is 88.7 Å². The summed E-state index contributed by atoms with van der Waals surface area (Å²) in [6.07, 6.45) is 0. The Morgan fingerprint density at radius 3 is 2.04 bits per heavy atom. The zero-order valence-electron chi connectivity index (χ0n) is 15.4. The second-order valence-corrected chi connectivity index (χ2v) is 6.18. The van der Waals surface area contributed by atoms with Gasteiger partial charge in [-0.3, -0.25) is 4.79 Å². The van der Waals surface area contributed by atoms with E-state index in [0.717, 1.165) is 0 Å². The molecule has 0 saturated heterocycles. The molecule has 0 unspecified atom stereocenters. The van der Waals surface area contributed by atoms with Crippen molar-refractivity contribution in [1.29, 1.82) is 0 Å². The van der Waals surface area contributed by atoms with Crippen LogP contribution in [0.5, 0.6) is 0 Å². The molecule has 1 heterocycles. The number of amides is 1. The predicted molar refractivity (Wildman–Crippen MR) is 89.0 cm³/mol. The van der Waals surface area contributed by atoms with Gasteiger partial charge < -0.3 is 19.4 Å². The van der Waals surface area contributed by atoms with Crippen molar-refractivity contribution in [2.24, 2.45) is 0 Å². The molecule has 0 atom stereocenters. The van der Waals surface area contributed by atoms with Crippen molar-refractivity contribution in [2.45, 2.75) is 53.6 Å². The fourth-order valence-electron chi connectivity index (χ4n) is 2.81. The van der Waals surface area contributed by atoms with Crippen LogP contribution >= 0.6 is 0 Å². The number of ether oxygens (including phenoxy) is 2. The molecular formula is C17H26N2O5. The van der Waals surface area contributed by atoms with Crippen LogP contribution in [0.25, 0.3) is 0 Å². The number of aryl methyl sites for hydroxylation is 1. The third-order valence-electron chi connectivity index (χ3n) is 3.76. The van der Waals surface area contributed by atoms with Gasteiger partial charge in [-0.05, 0) is 47.1 Å². The lowest BCUT2D eigenvalue weighted by Gasteiger charge is -2.30. The van der Waals surface area contributed by atoms with E-state index >= 15 is 0 Å². The zero-order valence-corrected chi connectivity index (χ0v) is 15.4. The number of hydrogen-bond acceptors (Lipinski definition) is 5. The molecule has 0 aliphatic heterocycles. The number of carbonyl (C=O) groups is 3. The number of carbonyl (C=O) groups excluding carboxylic acids is 3. The number of hydrogen-bond donors (Lipinski definition) is 1. The summed E-state index contributed by atoms with van der Waals surface area (Å²) in [5, 5.41) is 0. The Labute approximate surface area is 142 Å². The third kappa shape index (κ3) is 4.15. The Morgan fingerprint density at radius 1 is 1.04 bits per heavy atom. The first-order valence-electron chi connectivity index (χ1n) is 7.87. The Kier molecular flexibility index (Phi) is 6.57. The second-order valence-electron chi connectivity index (χ2n) is 6.18. The molecule has 1 amide bonds. The van der Waals surface area contributed by atoms with Gasteiger partial charge in [0.15, 0.2) is 6.61 Å². The zero-order chi connectivity index (χ0) is 18.6. The number of esters is 2. The van der Waals surface area contributed by atoms with Gasteiger partial charge in [0.1, 0.15) is 5.69 Å². The summed E-state index contributed by atoms with van der Waals surface area (Å²) < 4.78 is 9.82. The molecule has 1 N–H and O–H groups in total. The molecule has 7 nitrogen and oxygen atoms in total. The first-order valence-corrected chi connectivity index (χ1v) is 7.87. The number of rotatable bonds is 6. The Morgan fingerprint density at radius 2 is 1.58 bits per heavy atom. The molecule has 0 spiro atoms. The lowest BCUT2D eigenvalue weighted by molar-refractivity contribution is -0.138. The SMILES string of the molecule is COC(=O)c1c(C)[nH]c(C(=O)OCC(=O)N(C(C)C)C(C)C)c1C. The first kappa shape index (κ1) is 19.7. The van der Waals surface area contributed by atoms with E-state index in [9.17, 15) is 14.4 Å². The van der Waals surface area contributed by atoms with Crippen LogP contribution in [-0.4, -0.2) is 53.5 Å². The van der Waals surface area contributed by atoms with Crippen molar-refractivity contribution in [3.8, 4) is 0 Å². The van der Waals surface area contributed by atoms with E-state index in [0.29, 0.717) is 16.8 Å². The molecule has 0 bridgehead atoms. The Balaban J connectivity index is 2.87. The van der Waals surface area contributed by atoms with Crippen molar-refractivity contribution < 1.29 is 23.9 Å². The molecule has 0 aliphatic rings. The van der Waals surface area contributed by atoms with Crippen LogP contribution in [0.1, 0.15) is 59.8 Å². The standard InChI is InChI=1S/C17H26N2O5/c1-9(2)19(10(3)4)13(20)8-24-17(22)15-11(5)14(12(6)18-15)16(21)23-7/h9-10,18H,8H2,1-7H3. The maximum atomic E-state index is 12.2. The molecular weight excluding hydrogens is 312 g/mol. The van der Waals surface area contributed by atoms with E-state index in [4.69, 9.17) is 9.47 Å². The average Bonchev–Trinajstić information content (AvgIpc) is 2.78. The Hall–Kier alpha value is -2.31. The van der Waals surface area contributed by atoms with Gasteiger partial charge in [0.05, 0.1) is 12.7 Å². The monoisotopic (exact) mass is 338 g/mol. The predicted octanol–water partition coefficient (Wildman–Crippen LogP) is 2.22. The van der Waals surface area contributed by atoms with E-state index in [-0.39, 0.29) is 30.3 Å². The van der Waals surface area contributed by atoms with Crippen molar-refractivity contribution in [3.63, 3.8) is 0 Å². The fraction of sp³-hybridized carbons (Fsp3) is 0.588. The highest BCUT2D eigenvalue weighted by Gasteiger charge is 2.25. The molecule has 0 aliphatic carbocycles. The highest BCUT2D eigenvalue weighted by Crippen LogP contribution is 2.19. The molecule has 1 aromatic rings. The summed E-state index contributed by atoms with van der Waals surface area (Å²) >= 11 is 0. The van der Waals surface area contributed by atoms with Crippen LogP contribution < -0.4 is 0 Å². The van der Waals surface area contributed by atoms with Crippen molar-refractivity contribution >= 4 is 17.8 Å². The normalized spacial score (nSPS) is 10.9. The van der Waals surface area contributed by atoms with Gasteiger partial charge in [-0.1, -0.05) is 0 Å². The molecule has 0 saturated carbocycles.